The Labute approximate surface area is 120 Å². The zero-order chi connectivity index (χ0) is 12.5. The van der Waals surface area contributed by atoms with E-state index in [1.807, 2.05) is 0 Å². The molecule has 1 aromatic heterocycles. The maximum Gasteiger partial charge on any atom is 0.0910 e. The number of fused-ring (bicyclic) bond motifs is 1. The van der Waals surface area contributed by atoms with Crippen molar-refractivity contribution in [2.75, 3.05) is 19.7 Å². The number of hydrogen-bond donors (Lipinski definition) is 2. The van der Waals surface area contributed by atoms with Gasteiger partial charge in [0.15, 0.2) is 0 Å². The zero-order valence-corrected chi connectivity index (χ0v) is 12.5. The third kappa shape index (κ3) is 2.37. The van der Waals surface area contributed by atoms with Gasteiger partial charge in [-0.05, 0) is 46.3 Å². The summed E-state index contributed by atoms with van der Waals surface area (Å²) in [6.07, 6.45) is 2.70. The average Bonchev–Trinajstić information content (AvgIpc) is 2.99. The van der Waals surface area contributed by atoms with Crippen molar-refractivity contribution in [1.29, 1.82) is 0 Å². The van der Waals surface area contributed by atoms with Crippen LogP contribution < -0.4 is 11.3 Å². The lowest BCUT2D eigenvalue weighted by molar-refractivity contribution is -0.0653. The van der Waals surface area contributed by atoms with Gasteiger partial charge >= 0.3 is 0 Å². The SMILES string of the molecule is NNC(c1cscc1Br)C1CN2CCCC2CO1. The van der Waals surface area contributed by atoms with E-state index in [9.17, 15) is 0 Å². The van der Waals surface area contributed by atoms with Gasteiger partial charge in [0.05, 0.1) is 18.8 Å². The molecule has 4 nitrogen and oxygen atoms in total. The third-order valence-corrected chi connectivity index (χ3v) is 5.70. The second kappa shape index (κ2) is 5.56. The molecule has 0 spiro atoms. The van der Waals surface area contributed by atoms with E-state index in [1.54, 1.807) is 11.3 Å². The Morgan fingerprint density at radius 3 is 3.17 bits per heavy atom. The minimum Gasteiger partial charge on any atom is -0.373 e. The summed E-state index contributed by atoms with van der Waals surface area (Å²) in [7, 11) is 0. The monoisotopic (exact) mass is 331 g/mol. The number of hydrazine groups is 1. The van der Waals surface area contributed by atoms with Crippen LogP contribution in [0.1, 0.15) is 24.4 Å². The largest absolute Gasteiger partial charge is 0.373 e. The molecule has 3 N–H and O–H groups in total. The fourth-order valence-corrected chi connectivity index (χ4v) is 4.54. The van der Waals surface area contributed by atoms with E-state index in [0.29, 0.717) is 6.04 Å². The van der Waals surface area contributed by atoms with Crippen molar-refractivity contribution in [3.8, 4) is 0 Å². The van der Waals surface area contributed by atoms with Crippen molar-refractivity contribution < 1.29 is 4.74 Å². The summed E-state index contributed by atoms with van der Waals surface area (Å²) < 4.78 is 7.14. The summed E-state index contributed by atoms with van der Waals surface area (Å²) in [6.45, 7) is 3.01. The standard InChI is InChI=1S/C12H18BrN3OS/c13-10-7-18-6-9(10)12(15-14)11-4-16-3-1-2-8(16)5-17-11/h6-8,11-12,15H,1-5,14H2. The highest BCUT2D eigenvalue weighted by Gasteiger charge is 2.36. The topological polar surface area (TPSA) is 50.5 Å². The van der Waals surface area contributed by atoms with E-state index in [4.69, 9.17) is 10.6 Å². The predicted molar refractivity (Wildman–Crippen MR) is 76.4 cm³/mol. The second-order valence-corrected chi connectivity index (χ2v) is 6.58. The van der Waals surface area contributed by atoms with E-state index in [1.165, 1.54) is 24.9 Å². The minimum atomic E-state index is 0.0622. The fraction of sp³-hybridized carbons (Fsp3) is 0.667. The number of rotatable bonds is 3. The first-order chi connectivity index (χ1) is 8.79. The molecule has 18 heavy (non-hydrogen) atoms. The highest BCUT2D eigenvalue weighted by atomic mass is 79.9. The molecule has 1 aromatic rings. The van der Waals surface area contributed by atoms with E-state index >= 15 is 0 Å². The summed E-state index contributed by atoms with van der Waals surface area (Å²) in [4.78, 5) is 2.54. The maximum absolute atomic E-state index is 6.02. The van der Waals surface area contributed by atoms with Gasteiger partial charge in [-0.15, -0.1) is 0 Å². The van der Waals surface area contributed by atoms with Crippen LogP contribution in [0, 0.1) is 0 Å². The molecule has 2 fully saturated rings. The molecule has 0 amide bonds. The Balaban J connectivity index is 1.74. The van der Waals surface area contributed by atoms with Crippen LogP contribution in [0.3, 0.4) is 0 Å². The van der Waals surface area contributed by atoms with Gasteiger partial charge in [0, 0.05) is 22.4 Å². The van der Waals surface area contributed by atoms with Crippen LogP contribution in [-0.4, -0.2) is 36.7 Å². The number of nitrogens with zero attached hydrogens (tertiary/aromatic N) is 1. The Morgan fingerprint density at radius 1 is 1.56 bits per heavy atom. The number of ether oxygens (including phenoxy) is 1. The van der Waals surface area contributed by atoms with Gasteiger partial charge in [0.25, 0.3) is 0 Å². The van der Waals surface area contributed by atoms with E-state index in [2.05, 4.69) is 37.0 Å². The van der Waals surface area contributed by atoms with Crippen molar-refractivity contribution in [2.24, 2.45) is 5.84 Å². The first kappa shape index (κ1) is 13.0. The van der Waals surface area contributed by atoms with Gasteiger partial charge in [-0.3, -0.25) is 16.2 Å². The minimum absolute atomic E-state index is 0.0622. The number of halogens is 1. The summed E-state index contributed by atoms with van der Waals surface area (Å²) >= 11 is 5.26. The van der Waals surface area contributed by atoms with Crippen LogP contribution in [0.5, 0.6) is 0 Å². The Hall–Kier alpha value is 0.0200. The third-order valence-electron chi connectivity index (χ3n) is 3.94. The smallest absolute Gasteiger partial charge is 0.0910 e. The second-order valence-electron chi connectivity index (χ2n) is 4.98. The number of nitrogens with one attached hydrogen (secondary N) is 1. The molecule has 3 unspecified atom stereocenters. The first-order valence-electron chi connectivity index (χ1n) is 6.33. The fourth-order valence-electron chi connectivity index (χ4n) is 2.96. The Morgan fingerprint density at radius 2 is 2.44 bits per heavy atom. The molecule has 0 aliphatic carbocycles. The summed E-state index contributed by atoms with van der Waals surface area (Å²) in [5, 5.41) is 4.22. The molecule has 0 bridgehead atoms. The van der Waals surface area contributed by atoms with E-state index in [-0.39, 0.29) is 12.1 Å². The van der Waals surface area contributed by atoms with Crippen LogP contribution in [-0.2, 0) is 4.74 Å². The van der Waals surface area contributed by atoms with E-state index in [0.717, 1.165) is 17.6 Å². The molecule has 0 saturated carbocycles. The number of nitrogens with two attached hydrogens (primary N) is 1. The predicted octanol–water partition coefficient (Wildman–Crippen LogP) is 1.88. The summed E-state index contributed by atoms with van der Waals surface area (Å²) in [5.41, 5.74) is 4.12. The highest BCUT2D eigenvalue weighted by molar-refractivity contribution is 9.10. The molecule has 3 rings (SSSR count). The molecular formula is C12H18BrN3OS. The van der Waals surface area contributed by atoms with Crippen LogP contribution in [0.4, 0.5) is 0 Å². The van der Waals surface area contributed by atoms with Crippen molar-refractivity contribution in [3.63, 3.8) is 0 Å². The molecule has 3 heterocycles. The summed E-state index contributed by atoms with van der Waals surface area (Å²) in [5.74, 6) is 5.74. The van der Waals surface area contributed by atoms with Crippen LogP contribution in [0.25, 0.3) is 0 Å². The van der Waals surface area contributed by atoms with Crippen LogP contribution in [0.2, 0.25) is 0 Å². The van der Waals surface area contributed by atoms with E-state index < -0.39 is 0 Å². The Kier molecular flexibility index (Phi) is 4.03. The molecule has 0 aromatic carbocycles. The number of morpholine rings is 1. The van der Waals surface area contributed by atoms with Gasteiger partial charge < -0.3 is 4.74 Å². The maximum atomic E-state index is 6.02. The van der Waals surface area contributed by atoms with Crippen molar-refractivity contribution in [1.82, 2.24) is 10.3 Å². The Bertz CT molecular complexity index is 414. The van der Waals surface area contributed by atoms with Gasteiger partial charge in [-0.1, -0.05) is 0 Å². The van der Waals surface area contributed by atoms with Crippen molar-refractivity contribution in [3.05, 3.63) is 20.8 Å². The van der Waals surface area contributed by atoms with Crippen LogP contribution >= 0.6 is 27.3 Å². The van der Waals surface area contributed by atoms with Gasteiger partial charge in [-0.25, -0.2) is 0 Å². The van der Waals surface area contributed by atoms with Crippen molar-refractivity contribution in [2.45, 2.75) is 31.0 Å². The highest BCUT2D eigenvalue weighted by Crippen LogP contribution is 2.33. The van der Waals surface area contributed by atoms with Gasteiger partial charge in [0.1, 0.15) is 0 Å². The quantitative estimate of drug-likeness (QED) is 0.656. The van der Waals surface area contributed by atoms with Gasteiger partial charge in [-0.2, -0.15) is 11.3 Å². The molecule has 2 aliphatic rings. The summed E-state index contributed by atoms with van der Waals surface area (Å²) in [6, 6.07) is 0.692. The van der Waals surface area contributed by atoms with Crippen molar-refractivity contribution >= 4 is 27.3 Å². The number of hydrogen-bond acceptors (Lipinski definition) is 5. The zero-order valence-electron chi connectivity index (χ0n) is 10.1. The molecule has 2 aliphatic heterocycles. The number of thiophene rings is 1. The molecule has 2 saturated heterocycles. The molecule has 6 heteroatoms. The average molecular weight is 332 g/mol. The molecule has 3 atom stereocenters. The lowest BCUT2D eigenvalue weighted by Crippen LogP contribution is -2.51. The molecule has 0 radical (unpaired) electrons. The molecular weight excluding hydrogens is 314 g/mol. The van der Waals surface area contributed by atoms with Gasteiger partial charge in [0.2, 0.25) is 0 Å². The lowest BCUT2D eigenvalue weighted by Gasteiger charge is -2.38. The van der Waals surface area contributed by atoms with Crippen LogP contribution in [0.15, 0.2) is 15.2 Å². The molecule has 100 valence electrons. The first-order valence-corrected chi connectivity index (χ1v) is 8.06. The lowest BCUT2D eigenvalue weighted by atomic mass is 10.0. The normalized spacial score (nSPS) is 30.3.